The molecule has 0 saturated carbocycles. The average molecular weight is 287 g/mol. The predicted molar refractivity (Wildman–Crippen MR) is 81.6 cm³/mol. The van der Waals surface area contributed by atoms with E-state index in [-0.39, 0.29) is 5.91 Å². The molecule has 1 aromatic heterocycles. The fourth-order valence-corrected chi connectivity index (χ4v) is 2.14. The van der Waals surface area contributed by atoms with Gasteiger partial charge in [0.2, 0.25) is 0 Å². The first-order valence-electron chi connectivity index (χ1n) is 7.04. The van der Waals surface area contributed by atoms with Gasteiger partial charge >= 0.3 is 0 Å². The van der Waals surface area contributed by atoms with Gasteiger partial charge in [-0.25, -0.2) is 4.68 Å². The van der Waals surface area contributed by atoms with Crippen molar-refractivity contribution in [2.24, 2.45) is 0 Å². The normalized spacial score (nSPS) is 12.2. The van der Waals surface area contributed by atoms with Crippen LogP contribution in [0.2, 0.25) is 0 Å². The number of benzene rings is 1. The van der Waals surface area contributed by atoms with Gasteiger partial charge in [-0.05, 0) is 32.4 Å². The van der Waals surface area contributed by atoms with Gasteiger partial charge in [-0.15, -0.1) is 0 Å². The molecule has 1 unspecified atom stereocenters. The minimum Gasteiger partial charge on any atom is -0.393 e. The summed E-state index contributed by atoms with van der Waals surface area (Å²) in [7, 11) is 1.74. The summed E-state index contributed by atoms with van der Waals surface area (Å²) in [5.74, 6) is -0.0738. The maximum atomic E-state index is 12.4. The number of para-hydroxylation sites is 1. The summed E-state index contributed by atoms with van der Waals surface area (Å²) in [5.41, 5.74) is 2.34. The van der Waals surface area contributed by atoms with Crippen LogP contribution in [-0.2, 0) is 0 Å². The second-order valence-corrected chi connectivity index (χ2v) is 5.26. The fourth-order valence-electron chi connectivity index (χ4n) is 2.14. The second kappa shape index (κ2) is 6.54. The van der Waals surface area contributed by atoms with Crippen LogP contribution >= 0.6 is 0 Å². The Hall–Kier alpha value is -2.14. The average Bonchev–Trinajstić information content (AvgIpc) is 2.86. The van der Waals surface area contributed by atoms with Crippen LogP contribution in [0.1, 0.15) is 29.4 Å². The van der Waals surface area contributed by atoms with E-state index in [0.29, 0.717) is 18.5 Å². The Labute approximate surface area is 124 Å². The molecule has 0 fully saturated rings. The lowest BCUT2D eigenvalue weighted by Crippen LogP contribution is -2.29. The first-order chi connectivity index (χ1) is 10.0. The van der Waals surface area contributed by atoms with E-state index in [2.05, 4.69) is 5.10 Å². The van der Waals surface area contributed by atoms with E-state index < -0.39 is 6.10 Å². The second-order valence-electron chi connectivity index (χ2n) is 5.26. The molecule has 112 valence electrons. The number of rotatable bonds is 5. The number of aliphatic hydroxyl groups excluding tert-OH is 1. The fraction of sp³-hybridized carbons (Fsp3) is 0.375. The third-order valence-corrected chi connectivity index (χ3v) is 3.47. The van der Waals surface area contributed by atoms with Gasteiger partial charge in [-0.1, -0.05) is 18.2 Å². The van der Waals surface area contributed by atoms with Crippen molar-refractivity contribution in [3.05, 3.63) is 47.8 Å². The molecule has 0 aliphatic heterocycles. The third-order valence-electron chi connectivity index (χ3n) is 3.47. The largest absolute Gasteiger partial charge is 0.393 e. The summed E-state index contributed by atoms with van der Waals surface area (Å²) in [6.45, 7) is 4.12. The number of carbonyl (C=O) groups is 1. The van der Waals surface area contributed by atoms with Gasteiger partial charge in [0.25, 0.3) is 5.91 Å². The van der Waals surface area contributed by atoms with Crippen molar-refractivity contribution < 1.29 is 9.90 Å². The highest BCUT2D eigenvalue weighted by atomic mass is 16.3. The zero-order valence-electron chi connectivity index (χ0n) is 12.7. The van der Waals surface area contributed by atoms with E-state index in [4.69, 9.17) is 0 Å². The Morgan fingerprint density at radius 3 is 2.67 bits per heavy atom. The molecule has 0 radical (unpaired) electrons. The zero-order valence-corrected chi connectivity index (χ0v) is 12.7. The van der Waals surface area contributed by atoms with Gasteiger partial charge in [0.15, 0.2) is 0 Å². The van der Waals surface area contributed by atoms with Crippen molar-refractivity contribution in [2.75, 3.05) is 13.6 Å². The predicted octanol–water partition coefficient (Wildman–Crippen LogP) is 2.02. The van der Waals surface area contributed by atoms with E-state index in [1.807, 2.05) is 37.3 Å². The highest BCUT2D eigenvalue weighted by Gasteiger charge is 2.18. The van der Waals surface area contributed by atoms with Crippen LogP contribution in [0, 0.1) is 6.92 Å². The molecule has 0 aliphatic rings. The smallest absolute Gasteiger partial charge is 0.257 e. The number of hydrogen-bond donors (Lipinski definition) is 1. The van der Waals surface area contributed by atoms with Crippen LogP contribution in [0.15, 0.2) is 36.5 Å². The highest BCUT2D eigenvalue weighted by molar-refractivity contribution is 5.95. The summed E-state index contributed by atoms with van der Waals surface area (Å²) < 4.78 is 1.76. The van der Waals surface area contributed by atoms with E-state index in [0.717, 1.165) is 11.4 Å². The van der Waals surface area contributed by atoms with Crippen molar-refractivity contribution in [3.63, 3.8) is 0 Å². The monoisotopic (exact) mass is 287 g/mol. The zero-order chi connectivity index (χ0) is 15.4. The lowest BCUT2D eigenvalue weighted by atomic mass is 10.2. The molecule has 2 rings (SSSR count). The topological polar surface area (TPSA) is 58.4 Å². The van der Waals surface area contributed by atoms with Crippen molar-refractivity contribution in [3.8, 4) is 5.69 Å². The number of amides is 1. The number of hydrogen-bond acceptors (Lipinski definition) is 3. The van der Waals surface area contributed by atoms with Crippen molar-refractivity contribution in [2.45, 2.75) is 26.4 Å². The number of aromatic nitrogens is 2. The summed E-state index contributed by atoms with van der Waals surface area (Å²) in [4.78, 5) is 14.0. The van der Waals surface area contributed by atoms with E-state index in [1.54, 1.807) is 29.7 Å². The lowest BCUT2D eigenvalue weighted by Gasteiger charge is -2.17. The Bertz CT molecular complexity index is 605. The van der Waals surface area contributed by atoms with E-state index in [9.17, 15) is 9.90 Å². The van der Waals surface area contributed by atoms with Crippen molar-refractivity contribution in [1.29, 1.82) is 0 Å². The van der Waals surface area contributed by atoms with Gasteiger partial charge in [-0.3, -0.25) is 4.79 Å². The quantitative estimate of drug-likeness (QED) is 0.915. The first-order valence-corrected chi connectivity index (χ1v) is 7.04. The molecule has 0 bridgehead atoms. The Morgan fingerprint density at radius 2 is 2.05 bits per heavy atom. The molecule has 1 aromatic carbocycles. The van der Waals surface area contributed by atoms with Crippen LogP contribution in [-0.4, -0.2) is 45.4 Å². The minimum absolute atomic E-state index is 0.0738. The Morgan fingerprint density at radius 1 is 1.38 bits per heavy atom. The molecule has 2 aromatic rings. The standard InChI is InChI=1S/C16H21N3O2/c1-12(20)9-10-18(3)16(21)15-11-17-19(13(15)2)14-7-5-4-6-8-14/h4-8,11-12,20H,9-10H2,1-3H3. The molecule has 1 N–H and O–H groups in total. The number of carbonyl (C=O) groups excluding carboxylic acids is 1. The minimum atomic E-state index is -0.409. The van der Waals surface area contributed by atoms with Gasteiger partial charge in [0.05, 0.1) is 29.2 Å². The van der Waals surface area contributed by atoms with Crippen LogP contribution in [0.25, 0.3) is 5.69 Å². The van der Waals surface area contributed by atoms with Crippen molar-refractivity contribution in [1.82, 2.24) is 14.7 Å². The Kier molecular flexibility index (Phi) is 4.75. The third kappa shape index (κ3) is 3.49. The summed E-state index contributed by atoms with van der Waals surface area (Å²) in [6.07, 6.45) is 1.76. The molecule has 0 spiro atoms. The maximum absolute atomic E-state index is 12.4. The molecule has 5 nitrogen and oxygen atoms in total. The molecule has 0 saturated heterocycles. The van der Waals surface area contributed by atoms with Gasteiger partial charge in [0, 0.05) is 13.6 Å². The molecule has 1 atom stereocenters. The molecule has 1 amide bonds. The molecular formula is C16H21N3O2. The van der Waals surface area contributed by atoms with Crippen LogP contribution in [0.5, 0.6) is 0 Å². The molecule has 1 heterocycles. The molecule has 21 heavy (non-hydrogen) atoms. The first kappa shape index (κ1) is 15.3. The number of nitrogens with zero attached hydrogens (tertiary/aromatic N) is 3. The SMILES string of the molecule is Cc1c(C(=O)N(C)CCC(C)O)cnn1-c1ccccc1. The summed E-state index contributed by atoms with van der Waals surface area (Å²) in [5, 5.41) is 13.6. The number of aliphatic hydroxyl groups is 1. The van der Waals surface area contributed by atoms with Crippen molar-refractivity contribution >= 4 is 5.91 Å². The maximum Gasteiger partial charge on any atom is 0.257 e. The molecule has 5 heteroatoms. The van der Waals surface area contributed by atoms with Gasteiger partial charge < -0.3 is 10.0 Å². The molecular weight excluding hydrogens is 266 g/mol. The van der Waals surface area contributed by atoms with E-state index >= 15 is 0 Å². The van der Waals surface area contributed by atoms with Crippen LogP contribution in [0.4, 0.5) is 0 Å². The Balaban J connectivity index is 2.18. The van der Waals surface area contributed by atoms with E-state index in [1.165, 1.54) is 0 Å². The summed E-state index contributed by atoms with van der Waals surface area (Å²) in [6, 6.07) is 9.72. The summed E-state index contributed by atoms with van der Waals surface area (Å²) >= 11 is 0. The molecule has 0 aliphatic carbocycles. The van der Waals surface area contributed by atoms with Crippen LogP contribution in [0.3, 0.4) is 0 Å². The highest BCUT2D eigenvalue weighted by Crippen LogP contribution is 2.15. The lowest BCUT2D eigenvalue weighted by molar-refractivity contribution is 0.0768. The van der Waals surface area contributed by atoms with Gasteiger partial charge in [0.1, 0.15) is 0 Å². The van der Waals surface area contributed by atoms with Gasteiger partial charge in [-0.2, -0.15) is 5.10 Å². The van der Waals surface area contributed by atoms with Crippen LogP contribution < -0.4 is 0 Å².